The van der Waals surface area contributed by atoms with Gasteiger partial charge < -0.3 is 4.43 Å². The first kappa shape index (κ1) is 8.05. The normalized spacial score (nSPS) is 15.4. The van der Waals surface area contributed by atoms with Crippen molar-refractivity contribution in [1.82, 2.24) is 0 Å². The van der Waals surface area contributed by atoms with Crippen LogP contribution in [0.2, 0.25) is 0 Å². The first-order valence-corrected chi connectivity index (χ1v) is 3.76. The van der Waals surface area contributed by atoms with Gasteiger partial charge in [0.05, 0.1) is 0 Å². The molecular formula is C2H5Cl3OSi. The van der Waals surface area contributed by atoms with Crippen LogP contribution in [0.25, 0.3) is 0 Å². The first-order valence-electron chi connectivity index (χ1n) is 1.63. The zero-order chi connectivity index (χ0) is 5.86. The molecular weight excluding hydrogens is 174 g/mol. The van der Waals surface area contributed by atoms with E-state index in [9.17, 15) is 0 Å². The molecule has 0 aliphatic rings. The van der Waals surface area contributed by atoms with Crippen LogP contribution >= 0.6 is 34.8 Å². The Morgan fingerprint density at radius 2 is 1.71 bits per heavy atom. The standard InChI is InChI=1S/C2H5Cl3OSi/c3-1(4)2(5)6-7/h1-2H,7H3. The van der Waals surface area contributed by atoms with Crippen molar-refractivity contribution in [2.24, 2.45) is 0 Å². The van der Waals surface area contributed by atoms with Crippen molar-refractivity contribution in [1.29, 1.82) is 0 Å². The van der Waals surface area contributed by atoms with E-state index < -0.39 is 10.4 Å². The van der Waals surface area contributed by atoms with Crippen LogP contribution in [-0.2, 0) is 4.43 Å². The molecule has 0 saturated heterocycles. The van der Waals surface area contributed by atoms with E-state index in [2.05, 4.69) is 4.43 Å². The summed E-state index contributed by atoms with van der Waals surface area (Å²) in [5.41, 5.74) is -0.532. The maximum Gasteiger partial charge on any atom is 0.150 e. The molecule has 0 N–H and O–H groups in total. The molecule has 1 atom stereocenters. The van der Waals surface area contributed by atoms with Gasteiger partial charge in [-0.25, -0.2) is 0 Å². The second-order valence-corrected chi connectivity index (χ2v) is 2.99. The molecule has 0 aliphatic heterocycles. The summed E-state index contributed by atoms with van der Waals surface area (Å²) < 4.78 is 4.65. The predicted molar refractivity (Wildman–Crippen MR) is 36.2 cm³/mol. The number of halogens is 3. The molecule has 1 nitrogen and oxygen atoms in total. The lowest BCUT2D eigenvalue weighted by Crippen LogP contribution is -2.10. The Balaban J connectivity index is 3.14. The van der Waals surface area contributed by atoms with Crippen molar-refractivity contribution >= 4 is 45.3 Å². The maximum absolute atomic E-state index is 5.35. The average Bonchev–Trinajstić information content (AvgIpc) is 1.65. The summed E-state index contributed by atoms with van der Waals surface area (Å²) in [5, 5.41) is 0. The van der Waals surface area contributed by atoms with Gasteiger partial charge in [0.1, 0.15) is 20.9 Å². The lowest BCUT2D eigenvalue weighted by molar-refractivity contribution is 0.325. The minimum Gasteiger partial charge on any atom is -0.410 e. The van der Waals surface area contributed by atoms with Crippen LogP contribution in [0.3, 0.4) is 0 Å². The van der Waals surface area contributed by atoms with E-state index in [4.69, 9.17) is 34.8 Å². The summed E-state index contributed by atoms with van der Waals surface area (Å²) in [5.74, 6) is 0. The molecule has 0 radical (unpaired) electrons. The molecule has 0 aromatic carbocycles. The van der Waals surface area contributed by atoms with Gasteiger partial charge in [-0.05, 0) is 0 Å². The van der Waals surface area contributed by atoms with Gasteiger partial charge in [0.2, 0.25) is 0 Å². The summed E-state index contributed by atoms with van der Waals surface area (Å²) >= 11 is 15.9. The van der Waals surface area contributed by atoms with E-state index in [0.717, 1.165) is 0 Å². The highest BCUT2D eigenvalue weighted by atomic mass is 35.5. The van der Waals surface area contributed by atoms with Gasteiger partial charge in [-0.2, -0.15) is 0 Å². The molecule has 0 aliphatic carbocycles. The Morgan fingerprint density at radius 3 is 1.71 bits per heavy atom. The first-order chi connectivity index (χ1) is 3.18. The molecule has 0 aromatic rings. The smallest absolute Gasteiger partial charge is 0.150 e. The van der Waals surface area contributed by atoms with Crippen LogP contribution in [-0.4, -0.2) is 20.9 Å². The third-order valence-corrected chi connectivity index (χ3v) is 2.38. The zero-order valence-corrected chi connectivity index (χ0v) is 7.96. The minimum absolute atomic E-state index is 0.532. The SMILES string of the molecule is [SiH3]OC(Cl)C(Cl)Cl. The fourth-order valence-corrected chi connectivity index (χ4v) is 0.926. The molecule has 1 unspecified atom stereocenters. The van der Waals surface area contributed by atoms with Gasteiger partial charge >= 0.3 is 0 Å². The summed E-state index contributed by atoms with van der Waals surface area (Å²) in [6.45, 7) is 0. The summed E-state index contributed by atoms with van der Waals surface area (Å²) in [6, 6.07) is 0. The highest BCUT2D eigenvalue weighted by molar-refractivity contribution is 6.48. The summed E-state index contributed by atoms with van der Waals surface area (Å²) in [4.78, 5) is -0.612. The van der Waals surface area contributed by atoms with E-state index in [1.165, 1.54) is 0 Å². The lowest BCUT2D eigenvalue weighted by atomic mass is 10.8. The van der Waals surface area contributed by atoms with Gasteiger partial charge in [0, 0.05) is 0 Å². The molecule has 0 saturated carbocycles. The largest absolute Gasteiger partial charge is 0.410 e. The summed E-state index contributed by atoms with van der Waals surface area (Å²) in [7, 11) is 0.570. The Hall–Kier alpha value is 1.05. The van der Waals surface area contributed by atoms with Crippen molar-refractivity contribution in [2.45, 2.75) is 10.4 Å². The predicted octanol–water partition coefficient (Wildman–Crippen LogP) is 0.652. The van der Waals surface area contributed by atoms with E-state index >= 15 is 0 Å². The van der Waals surface area contributed by atoms with Gasteiger partial charge in [-0.1, -0.05) is 11.6 Å². The average molecular weight is 180 g/mol. The van der Waals surface area contributed by atoms with Crippen molar-refractivity contribution in [3.8, 4) is 0 Å². The minimum atomic E-state index is -0.612. The molecule has 5 heteroatoms. The molecule has 7 heavy (non-hydrogen) atoms. The van der Waals surface area contributed by atoms with E-state index in [1.54, 1.807) is 0 Å². The molecule has 0 fully saturated rings. The highest BCUT2D eigenvalue weighted by Gasteiger charge is 2.09. The Labute approximate surface area is 60.4 Å². The van der Waals surface area contributed by atoms with E-state index in [-0.39, 0.29) is 0 Å². The second kappa shape index (κ2) is 3.98. The number of hydrogen-bond acceptors (Lipinski definition) is 1. The number of alkyl halides is 3. The van der Waals surface area contributed by atoms with E-state index in [1.807, 2.05) is 0 Å². The lowest BCUT2D eigenvalue weighted by Gasteiger charge is -2.05. The fourth-order valence-electron chi connectivity index (χ4n) is 0.103. The number of hydrogen-bond donors (Lipinski definition) is 0. The third-order valence-electron chi connectivity index (χ3n) is 0.423. The van der Waals surface area contributed by atoms with Crippen LogP contribution in [0.1, 0.15) is 0 Å². The Morgan fingerprint density at radius 1 is 1.29 bits per heavy atom. The Kier molecular flexibility index (Phi) is 4.57. The maximum atomic E-state index is 5.35. The van der Waals surface area contributed by atoms with Gasteiger partial charge in [-0.15, -0.1) is 23.2 Å². The molecule has 0 bridgehead atoms. The van der Waals surface area contributed by atoms with Crippen molar-refractivity contribution in [2.75, 3.05) is 0 Å². The molecule has 0 spiro atoms. The quantitative estimate of drug-likeness (QED) is 0.447. The van der Waals surface area contributed by atoms with Crippen molar-refractivity contribution < 1.29 is 4.43 Å². The monoisotopic (exact) mass is 178 g/mol. The third kappa shape index (κ3) is 3.61. The summed E-state index contributed by atoms with van der Waals surface area (Å²) in [6.07, 6.45) is 0. The topological polar surface area (TPSA) is 9.23 Å². The van der Waals surface area contributed by atoms with Gasteiger partial charge in [0.15, 0.2) is 0 Å². The van der Waals surface area contributed by atoms with Crippen molar-refractivity contribution in [3.05, 3.63) is 0 Å². The molecule has 44 valence electrons. The molecule has 0 aromatic heterocycles. The fraction of sp³-hybridized carbons (Fsp3) is 1.00. The number of rotatable bonds is 2. The van der Waals surface area contributed by atoms with E-state index in [0.29, 0.717) is 10.5 Å². The van der Waals surface area contributed by atoms with Crippen molar-refractivity contribution in [3.63, 3.8) is 0 Å². The Bertz CT molecular complexity index is 50.2. The van der Waals surface area contributed by atoms with Crippen LogP contribution in [0.4, 0.5) is 0 Å². The van der Waals surface area contributed by atoms with Gasteiger partial charge in [-0.3, -0.25) is 0 Å². The second-order valence-electron chi connectivity index (χ2n) is 0.921. The van der Waals surface area contributed by atoms with Gasteiger partial charge in [0.25, 0.3) is 0 Å². The van der Waals surface area contributed by atoms with Crippen LogP contribution in [0.5, 0.6) is 0 Å². The van der Waals surface area contributed by atoms with Crippen LogP contribution < -0.4 is 0 Å². The zero-order valence-electron chi connectivity index (χ0n) is 3.70. The van der Waals surface area contributed by atoms with Crippen LogP contribution in [0.15, 0.2) is 0 Å². The highest BCUT2D eigenvalue weighted by Crippen LogP contribution is 2.13. The molecule has 0 heterocycles. The molecule has 0 amide bonds. The molecule has 0 rings (SSSR count). The van der Waals surface area contributed by atoms with Crippen LogP contribution in [0, 0.1) is 0 Å².